The Kier molecular flexibility index (Phi) is 4.72. The molecule has 2 aromatic rings. The highest BCUT2D eigenvalue weighted by atomic mass is 19.4. The second-order valence-corrected chi connectivity index (χ2v) is 5.50. The van der Waals surface area contributed by atoms with Gasteiger partial charge in [-0.05, 0) is 18.6 Å². The number of carbonyl (C=O) groups excluding carboxylic acids is 1. The molecule has 0 radical (unpaired) electrons. The Bertz CT molecular complexity index is 808. The highest BCUT2D eigenvalue weighted by Crippen LogP contribution is 2.32. The van der Waals surface area contributed by atoms with Crippen LogP contribution in [0, 0.1) is 6.92 Å². The van der Waals surface area contributed by atoms with E-state index in [0.29, 0.717) is 5.56 Å². The van der Waals surface area contributed by atoms with Gasteiger partial charge in [-0.15, -0.1) is 0 Å². The zero-order valence-electron chi connectivity index (χ0n) is 13.3. The fraction of sp³-hybridized carbons (Fsp3) is 0.333. The minimum atomic E-state index is -4.64. The summed E-state index contributed by atoms with van der Waals surface area (Å²) in [7, 11) is 3.07. The lowest BCUT2D eigenvalue weighted by atomic mass is 10.1. The van der Waals surface area contributed by atoms with E-state index in [1.807, 2.05) is 5.32 Å². The van der Waals surface area contributed by atoms with Crippen LogP contribution < -0.4 is 16.2 Å². The highest BCUT2D eigenvalue weighted by Gasteiger charge is 2.42. The van der Waals surface area contributed by atoms with E-state index in [4.69, 9.17) is 0 Å². The molecule has 2 N–H and O–H groups in total. The summed E-state index contributed by atoms with van der Waals surface area (Å²) in [5.74, 6) is 0. The average molecular weight is 342 g/mol. The molecule has 130 valence electrons. The van der Waals surface area contributed by atoms with Crippen LogP contribution in [0.15, 0.2) is 35.5 Å². The van der Waals surface area contributed by atoms with Gasteiger partial charge in [0.2, 0.25) is 0 Å². The molecule has 9 heteroatoms. The first-order valence-corrected chi connectivity index (χ1v) is 7.01. The van der Waals surface area contributed by atoms with Gasteiger partial charge in [-0.3, -0.25) is 4.79 Å². The first-order valence-electron chi connectivity index (χ1n) is 7.01. The molecule has 0 saturated heterocycles. The van der Waals surface area contributed by atoms with Crippen molar-refractivity contribution in [3.05, 3.63) is 52.2 Å². The summed E-state index contributed by atoms with van der Waals surface area (Å²) in [6.07, 6.45) is -0.541. The van der Waals surface area contributed by atoms with Crippen LogP contribution in [-0.2, 0) is 14.1 Å². The van der Waals surface area contributed by atoms with Gasteiger partial charge in [0.05, 0.1) is 5.69 Å². The number of hydrogen-bond donors (Lipinski definition) is 2. The van der Waals surface area contributed by atoms with Gasteiger partial charge in [-0.25, -0.2) is 4.79 Å². The Labute approximate surface area is 135 Å². The maximum atomic E-state index is 13.2. The fourth-order valence-electron chi connectivity index (χ4n) is 2.19. The number of nitrogens with one attached hydrogen (secondary N) is 2. The van der Waals surface area contributed by atoms with Crippen LogP contribution in [0.2, 0.25) is 0 Å². The lowest BCUT2D eigenvalue weighted by Gasteiger charge is -2.21. The third-order valence-electron chi connectivity index (χ3n) is 3.47. The van der Waals surface area contributed by atoms with E-state index in [0.717, 1.165) is 0 Å². The van der Waals surface area contributed by atoms with Crippen LogP contribution in [0.3, 0.4) is 0 Å². The molecular formula is C15H17F3N4O2. The quantitative estimate of drug-likeness (QED) is 0.900. The van der Waals surface area contributed by atoms with Crippen molar-refractivity contribution in [2.45, 2.75) is 19.1 Å². The number of halogens is 3. The van der Waals surface area contributed by atoms with Crippen molar-refractivity contribution < 1.29 is 18.0 Å². The summed E-state index contributed by atoms with van der Waals surface area (Å²) >= 11 is 0. The van der Waals surface area contributed by atoms with E-state index in [1.165, 1.54) is 46.9 Å². The molecule has 2 rings (SSSR count). The van der Waals surface area contributed by atoms with Crippen molar-refractivity contribution in [3.63, 3.8) is 0 Å². The number of nitrogens with zero attached hydrogens (tertiary/aromatic N) is 2. The second-order valence-electron chi connectivity index (χ2n) is 5.50. The summed E-state index contributed by atoms with van der Waals surface area (Å²) in [4.78, 5) is 23.4. The molecule has 0 aromatic carbocycles. The Morgan fingerprint density at radius 3 is 2.46 bits per heavy atom. The first kappa shape index (κ1) is 17.6. The second kappa shape index (κ2) is 6.42. The summed E-state index contributed by atoms with van der Waals surface area (Å²) < 4.78 is 42.3. The molecule has 0 spiro atoms. The van der Waals surface area contributed by atoms with Crippen molar-refractivity contribution in [1.29, 1.82) is 0 Å². The number of aromatic nitrogens is 2. The average Bonchev–Trinajstić information content (AvgIpc) is 2.87. The van der Waals surface area contributed by atoms with Crippen molar-refractivity contribution in [1.82, 2.24) is 14.5 Å². The molecule has 2 amide bonds. The monoisotopic (exact) mass is 342 g/mol. The molecule has 2 heterocycles. The van der Waals surface area contributed by atoms with E-state index < -0.39 is 18.2 Å². The van der Waals surface area contributed by atoms with E-state index in [2.05, 4.69) is 5.32 Å². The Balaban J connectivity index is 2.20. The molecule has 0 saturated carbocycles. The lowest BCUT2D eigenvalue weighted by Crippen LogP contribution is -2.40. The topological polar surface area (TPSA) is 68.1 Å². The molecular weight excluding hydrogens is 325 g/mol. The zero-order valence-corrected chi connectivity index (χ0v) is 13.3. The maximum Gasteiger partial charge on any atom is 0.412 e. The molecule has 1 atom stereocenters. The summed E-state index contributed by atoms with van der Waals surface area (Å²) in [6, 6.07) is -0.571. The Morgan fingerprint density at radius 2 is 1.92 bits per heavy atom. The van der Waals surface area contributed by atoms with Gasteiger partial charge in [0.15, 0.2) is 6.04 Å². The number of alkyl halides is 3. The molecule has 0 aliphatic heterocycles. The number of hydrogen-bond acceptors (Lipinski definition) is 2. The Hall–Kier alpha value is -2.71. The third-order valence-corrected chi connectivity index (χ3v) is 3.47. The normalized spacial score (nSPS) is 12.8. The number of amides is 2. The standard InChI is InChI=1S/C15H17F3N4O2/c1-9-6-12(23)22(3)8-11(9)19-14(24)20-13(15(16,17)18)10-4-5-21(2)7-10/h4-8,13H,1-3H3,(H2,19,20,24). The number of aryl methyl sites for hydroxylation is 3. The Morgan fingerprint density at radius 1 is 1.25 bits per heavy atom. The van der Waals surface area contributed by atoms with Gasteiger partial charge >= 0.3 is 12.2 Å². The van der Waals surface area contributed by atoms with Crippen molar-refractivity contribution in [2.75, 3.05) is 5.32 Å². The molecule has 2 aromatic heterocycles. The van der Waals surface area contributed by atoms with Gasteiger partial charge in [0.25, 0.3) is 5.56 Å². The SMILES string of the molecule is Cc1cc(=O)n(C)cc1NC(=O)NC(c1ccn(C)c1)C(F)(F)F. The molecule has 0 fully saturated rings. The van der Waals surface area contributed by atoms with Gasteiger partial charge in [-0.2, -0.15) is 13.2 Å². The van der Waals surface area contributed by atoms with Gasteiger partial charge in [-0.1, -0.05) is 0 Å². The maximum absolute atomic E-state index is 13.2. The van der Waals surface area contributed by atoms with Crippen LogP contribution in [-0.4, -0.2) is 21.3 Å². The molecule has 0 aliphatic rings. The van der Waals surface area contributed by atoms with E-state index in [1.54, 1.807) is 14.0 Å². The largest absolute Gasteiger partial charge is 0.412 e. The van der Waals surface area contributed by atoms with Crippen molar-refractivity contribution in [2.24, 2.45) is 14.1 Å². The number of urea groups is 1. The number of rotatable bonds is 3. The zero-order chi connectivity index (χ0) is 18.1. The van der Waals surface area contributed by atoms with Crippen molar-refractivity contribution >= 4 is 11.7 Å². The minimum absolute atomic E-state index is 0.0719. The lowest BCUT2D eigenvalue weighted by molar-refractivity contribution is -0.154. The molecule has 1 unspecified atom stereocenters. The van der Waals surface area contributed by atoms with Crippen LogP contribution in [0.1, 0.15) is 17.2 Å². The predicted molar refractivity (Wildman–Crippen MR) is 82.8 cm³/mol. The molecule has 0 aliphatic carbocycles. The molecule has 6 nitrogen and oxygen atoms in total. The van der Waals surface area contributed by atoms with E-state index in [9.17, 15) is 22.8 Å². The summed E-state index contributed by atoms with van der Waals surface area (Å²) in [5, 5.41) is 4.26. The van der Waals surface area contributed by atoms with Gasteiger partial charge in [0.1, 0.15) is 0 Å². The van der Waals surface area contributed by atoms with Crippen LogP contribution in [0.25, 0.3) is 0 Å². The van der Waals surface area contributed by atoms with Crippen LogP contribution in [0.4, 0.5) is 23.7 Å². The number of carbonyl (C=O) groups is 1. The minimum Gasteiger partial charge on any atom is -0.357 e. The van der Waals surface area contributed by atoms with Crippen LogP contribution in [0.5, 0.6) is 0 Å². The van der Waals surface area contributed by atoms with Gasteiger partial charge < -0.3 is 19.8 Å². The highest BCUT2D eigenvalue weighted by molar-refractivity contribution is 5.90. The number of anilines is 1. The predicted octanol–water partition coefficient (Wildman–Crippen LogP) is 2.46. The van der Waals surface area contributed by atoms with E-state index in [-0.39, 0.29) is 16.8 Å². The van der Waals surface area contributed by atoms with Gasteiger partial charge in [0, 0.05) is 44.3 Å². The van der Waals surface area contributed by atoms with E-state index >= 15 is 0 Å². The fourth-order valence-corrected chi connectivity index (χ4v) is 2.19. The number of pyridine rings is 1. The van der Waals surface area contributed by atoms with Crippen molar-refractivity contribution in [3.8, 4) is 0 Å². The smallest absolute Gasteiger partial charge is 0.357 e. The molecule has 0 bridgehead atoms. The summed E-state index contributed by atoms with van der Waals surface area (Å²) in [6.45, 7) is 1.58. The third kappa shape index (κ3) is 3.98. The summed E-state index contributed by atoms with van der Waals surface area (Å²) in [5.41, 5.74) is 0.355. The van der Waals surface area contributed by atoms with Crippen LogP contribution >= 0.6 is 0 Å². The first-order chi connectivity index (χ1) is 11.1. The molecule has 24 heavy (non-hydrogen) atoms.